The molecule has 0 aliphatic carbocycles. The zero-order valence-corrected chi connectivity index (χ0v) is 5.54. The van der Waals surface area contributed by atoms with Gasteiger partial charge in [-0.25, -0.2) is 0 Å². The molecule has 3 nitrogen and oxygen atoms in total. The molecule has 0 saturated carbocycles. The first-order chi connectivity index (χ1) is 4.85. The summed E-state index contributed by atoms with van der Waals surface area (Å²) in [5, 5.41) is 24.8. The summed E-state index contributed by atoms with van der Waals surface area (Å²) in [6, 6.07) is 3.46. The topological polar surface area (TPSA) is 67.8 Å². The molecule has 0 fully saturated rings. The standard InChI is InChI=1S/C7H8N2O/c8-5-7(6-9)3-1-2-4-10/h3,10H,1-2,4H2. The van der Waals surface area contributed by atoms with Crippen LogP contribution in [-0.2, 0) is 0 Å². The maximum absolute atomic E-state index is 8.33. The number of aliphatic hydroxyl groups is 1. The first-order valence-corrected chi connectivity index (χ1v) is 2.96. The molecular weight excluding hydrogens is 128 g/mol. The van der Waals surface area contributed by atoms with Gasteiger partial charge in [-0.2, -0.15) is 10.5 Å². The summed E-state index contributed by atoms with van der Waals surface area (Å²) in [4.78, 5) is 0. The second-order valence-corrected chi connectivity index (χ2v) is 1.71. The van der Waals surface area contributed by atoms with Gasteiger partial charge in [0.2, 0.25) is 0 Å². The van der Waals surface area contributed by atoms with Crippen molar-refractivity contribution in [3.05, 3.63) is 11.6 Å². The quantitative estimate of drug-likeness (QED) is 0.459. The van der Waals surface area contributed by atoms with Gasteiger partial charge in [-0.05, 0) is 12.8 Å². The summed E-state index contributed by atoms with van der Waals surface area (Å²) in [7, 11) is 0. The molecule has 0 amide bonds. The van der Waals surface area contributed by atoms with Crippen LogP contribution in [0.4, 0.5) is 0 Å². The van der Waals surface area contributed by atoms with Gasteiger partial charge in [-0.3, -0.25) is 0 Å². The average molecular weight is 136 g/mol. The number of rotatable bonds is 3. The highest BCUT2D eigenvalue weighted by atomic mass is 16.2. The largest absolute Gasteiger partial charge is 0.396 e. The molecule has 0 atom stereocenters. The summed E-state index contributed by atoms with van der Waals surface area (Å²) in [5.41, 5.74) is 0.119. The maximum atomic E-state index is 8.33. The van der Waals surface area contributed by atoms with Gasteiger partial charge in [0.1, 0.15) is 17.7 Å². The summed E-state index contributed by atoms with van der Waals surface area (Å²) in [6.07, 6.45) is 2.72. The molecule has 0 spiro atoms. The predicted molar refractivity (Wildman–Crippen MR) is 35.6 cm³/mol. The van der Waals surface area contributed by atoms with Gasteiger partial charge in [0.25, 0.3) is 0 Å². The first-order valence-electron chi connectivity index (χ1n) is 2.96. The van der Waals surface area contributed by atoms with Crippen LogP contribution < -0.4 is 0 Å². The molecule has 3 heteroatoms. The molecule has 0 radical (unpaired) electrons. The summed E-state index contributed by atoms with van der Waals surface area (Å²) in [5.74, 6) is 0. The van der Waals surface area contributed by atoms with Crippen molar-refractivity contribution in [3.63, 3.8) is 0 Å². The van der Waals surface area contributed by atoms with E-state index in [4.69, 9.17) is 15.6 Å². The van der Waals surface area contributed by atoms with E-state index in [1.165, 1.54) is 6.08 Å². The molecule has 0 unspecified atom stereocenters. The van der Waals surface area contributed by atoms with Gasteiger partial charge >= 0.3 is 0 Å². The third-order valence-electron chi connectivity index (χ3n) is 0.952. The number of hydrogen-bond donors (Lipinski definition) is 1. The molecular formula is C7H8N2O. The van der Waals surface area contributed by atoms with Crippen molar-refractivity contribution in [2.45, 2.75) is 12.8 Å². The maximum Gasteiger partial charge on any atom is 0.125 e. The van der Waals surface area contributed by atoms with Crippen LogP contribution >= 0.6 is 0 Å². The van der Waals surface area contributed by atoms with Crippen molar-refractivity contribution < 1.29 is 5.11 Å². The lowest BCUT2D eigenvalue weighted by Gasteiger charge is -1.85. The van der Waals surface area contributed by atoms with Crippen molar-refractivity contribution >= 4 is 0 Å². The third-order valence-corrected chi connectivity index (χ3v) is 0.952. The van der Waals surface area contributed by atoms with Gasteiger partial charge in [-0.15, -0.1) is 0 Å². The van der Waals surface area contributed by atoms with Crippen LogP contribution in [0.2, 0.25) is 0 Å². The van der Waals surface area contributed by atoms with Crippen molar-refractivity contribution in [1.82, 2.24) is 0 Å². The molecule has 0 heterocycles. The molecule has 1 N–H and O–H groups in total. The molecule has 10 heavy (non-hydrogen) atoms. The predicted octanol–water partition coefficient (Wildman–Crippen LogP) is 0.732. The second-order valence-electron chi connectivity index (χ2n) is 1.71. The lowest BCUT2D eigenvalue weighted by Crippen LogP contribution is -1.80. The highest BCUT2D eigenvalue weighted by molar-refractivity contribution is 5.34. The highest BCUT2D eigenvalue weighted by Gasteiger charge is 1.88. The van der Waals surface area contributed by atoms with Crippen LogP contribution in [0.15, 0.2) is 11.6 Å². The minimum Gasteiger partial charge on any atom is -0.396 e. The SMILES string of the molecule is N#CC(C#N)=CCCCO. The van der Waals surface area contributed by atoms with E-state index in [1.54, 1.807) is 12.1 Å². The monoisotopic (exact) mass is 136 g/mol. The third kappa shape index (κ3) is 3.65. The Morgan fingerprint density at radius 1 is 1.40 bits per heavy atom. The van der Waals surface area contributed by atoms with Crippen molar-refractivity contribution in [2.24, 2.45) is 0 Å². The van der Waals surface area contributed by atoms with Gasteiger partial charge in [0, 0.05) is 6.61 Å². The Hall–Kier alpha value is -1.32. The lowest BCUT2D eigenvalue weighted by atomic mass is 10.2. The van der Waals surface area contributed by atoms with Crippen molar-refractivity contribution in [1.29, 1.82) is 10.5 Å². The van der Waals surface area contributed by atoms with E-state index < -0.39 is 0 Å². The number of unbranched alkanes of at least 4 members (excludes halogenated alkanes) is 1. The lowest BCUT2D eigenvalue weighted by molar-refractivity contribution is 0.289. The number of nitriles is 2. The van der Waals surface area contributed by atoms with E-state index in [2.05, 4.69) is 0 Å². The summed E-state index contributed by atoms with van der Waals surface area (Å²) < 4.78 is 0. The van der Waals surface area contributed by atoms with Crippen molar-refractivity contribution in [2.75, 3.05) is 6.61 Å². The van der Waals surface area contributed by atoms with Crippen molar-refractivity contribution in [3.8, 4) is 12.1 Å². The van der Waals surface area contributed by atoms with Crippen LogP contribution in [0.5, 0.6) is 0 Å². The zero-order chi connectivity index (χ0) is 7.82. The van der Waals surface area contributed by atoms with Crippen LogP contribution in [0.3, 0.4) is 0 Å². The number of hydrogen-bond acceptors (Lipinski definition) is 3. The van der Waals surface area contributed by atoms with Gasteiger partial charge in [0.15, 0.2) is 0 Å². The second kappa shape index (κ2) is 5.81. The van der Waals surface area contributed by atoms with Crippen LogP contribution in [0, 0.1) is 22.7 Å². The van der Waals surface area contributed by atoms with Gasteiger partial charge in [-0.1, -0.05) is 6.08 Å². The fraction of sp³-hybridized carbons (Fsp3) is 0.429. The zero-order valence-electron chi connectivity index (χ0n) is 5.54. The average Bonchev–Trinajstić information content (AvgIpc) is 1.99. The van der Waals surface area contributed by atoms with E-state index in [-0.39, 0.29) is 12.2 Å². The molecule has 0 rings (SSSR count). The first kappa shape index (κ1) is 8.68. The molecule has 0 saturated heterocycles. The highest BCUT2D eigenvalue weighted by Crippen LogP contribution is 1.95. The Morgan fingerprint density at radius 3 is 2.40 bits per heavy atom. The fourth-order valence-corrected chi connectivity index (χ4v) is 0.454. The number of allylic oxidation sites excluding steroid dienone is 2. The van der Waals surface area contributed by atoms with Gasteiger partial charge < -0.3 is 5.11 Å². The van der Waals surface area contributed by atoms with Crippen LogP contribution in [0.25, 0.3) is 0 Å². The fourth-order valence-electron chi connectivity index (χ4n) is 0.454. The summed E-state index contributed by atoms with van der Waals surface area (Å²) >= 11 is 0. The molecule has 0 aliphatic heterocycles. The van der Waals surface area contributed by atoms with Crippen LogP contribution in [-0.4, -0.2) is 11.7 Å². The Morgan fingerprint density at radius 2 is 2.00 bits per heavy atom. The minimum atomic E-state index is 0.0979. The van der Waals surface area contributed by atoms with E-state index in [0.29, 0.717) is 12.8 Å². The molecule has 0 aromatic carbocycles. The summed E-state index contributed by atoms with van der Waals surface area (Å²) in [6.45, 7) is 0.0979. The normalized spacial score (nSPS) is 7.50. The Balaban J connectivity index is 3.71. The van der Waals surface area contributed by atoms with E-state index in [0.717, 1.165) is 0 Å². The minimum absolute atomic E-state index is 0.0979. The molecule has 0 aromatic heterocycles. The van der Waals surface area contributed by atoms with Gasteiger partial charge in [0.05, 0.1) is 0 Å². The van der Waals surface area contributed by atoms with E-state index in [9.17, 15) is 0 Å². The Kier molecular flexibility index (Phi) is 5.04. The number of nitrogens with zero attached hydrogens (tertiary/aromatic N) is 2. The smallest absolute Gasteiger partial charge is 0.125 e. The molecule has 0 aromatic rings. The number of aliphatic hydroxyl groups excluding tert-OH is 1. The Labute approximate surface area is 59.8 Å². The Bertz CT molecular complexity index is 179. The molecule has 0 bridgehead atoms. The molecule has 52 valence electrons. The van der Waals surface area contributed by atoms with E-state index in [1.807, 2.05) is 0 Å². The van der Waals surface area contributed by atoms with Crippen LogP contribution in [0.1, 0.15) is 12.8 Å². The molecule has 0 aliphatic rings. The van der Waals surface area contributed by atoms with E-state index >= 15 is 0 Å².